The normalized spacial score (nSPS) is 30.4. The van der Waals surface area contributed by atoms with Crippen molar-refractivity contribution in [3.63, 3.8) is 0 Å². The molecule has 2 aliphatic heterocycles. The van der Waals surface area contributed by atoms with E-state index in [1.807, 2.05) is 0 Å². The Hall–Kier alpha value is -1.63. The number of nitrogens with zero attached hydrogens (tertiary/aromatic N) is 1. The molecular weight excluding hydrogens is 252 g/mol. The molecule has 0 saturated carbocycles. The smallest absolute Gasteiger partial charge is 0.332 e. The molecule has 2 amide bonds. The highest BCUT2D eigenvalue weighted by atomic mass is 16.5. The van der Waals surface area contributed by atoms with Gasteiger partial charge < -0.3 is 20.1 Å². The lowest BCUT2D eigenvalue weighted by molar-refractivity contribution is -0.156. The van der Waals surface area contributed by atoms with Gasteiger partial charge >= 0.3 is 5.97 Å². The fraction of sp³-hybridized carbons (Fsp3) is 0.750. The molecule has 3 atom stereocenters. The predicted molar refractivity (Wildman–Crippen MR) is 64.3 cm³/mol. The highest BCUT2D eigenvalue weighted by molar-refractivity contribution is 5.90. The number of carbonyl (C=O) groups is 3. The number of likely N-dealkylation sites (N-methyl/N-ethyl adjacent to an activating group) is 1. The zero-order valence-corrected chi connectivity index (χ0v) is 10.8. The molecule has 19 heavy (non-hydrogen) atoms. The van der Waals surface area contributed by atoms with Crippen LogP contribution in [0.25, 0.3) is 0 Å². The zero-order valence-electron chi connectivity index (χ0n) is 10.8. The first-order chi connectivity index (χ1) is 9.04. The van der Waals surface area contributed by atoms with Gasteiger partial charge in [-0.2, -0.15) is 0 Å². The summed E-state index contributed by atoms with van der Waals surface area (Å²) in [5.74, 6) is -1.49. The van der Waals surface area contributed by atoms with Gasteiger partial charge in [0.05, 0.1) is 0 Å². The van der Waals surface area contributed by atoms with Crippen molar-refractivity contribution in [2.75, 3.05) is 13.6 Å². The van der Waals surface area contributed by atoms with Crippen LogP contribution in [0.5, 0.6) is 0 Å². The summed E-state index contributed by atoms with van der Waals surface area (Å²) in [5.41, 5.74) is 0. The van der Waals surface area contributed by atoms with Crippen LogP contribution in [0.1, 0.15) is 25.7 Å². The number of hydrogen-bond donors (Lipinski definition) is 2. The molecule has 2 aliphatic rings. The van der Waals surface area contributed by atoms with Crippen LogP contribution in [-0.2, 0) is 19.1 Å². The average Bonchev–Trinajstić information content (AvgIpc) is 3.05. The average molecular weight is 270 g/mol. The first kappa shape index (κ1) is 13.8. The third kappa shape index (κ3) is 2.70. The van der Waals surface area contributed by atoms with Gasteiger partial charge in [-0.3, -0.25) is 9.59 Å². The maximum absolute atomic E-state index is 12.3. The van der Waals surface area contributed by atoms with E-state index in [2.05, 4.69) is 5.32 Å². The van der Waals surface area contributed by atoms with Crippen molar-refractivity contribution in [2.24, 2.45) is 0 Å². The predicted octanol–water partition coefficient (Wildman–Crippen LogP) is -0.644. The first-order valence-electron chi connectivity index (χ1n) is 6.45. The van der Waals surface area contributed by atoms with Crippen molar-refractivity contribution in [3.05, 3.63) is 0 Å². The van der Waals surface area contributed by atoms with Crippen LogP contribution in [0, 0.1) is 0 Å². The number of carboxylic acid groups (broad SMARTS) is 1. The van der Waals surface area contributed by atoms with Gasteiger partial charge in [0.25, 0.3) is 5.91 Å². The van der Waals surface area contributed by atoms with Crippen LogP contribution >= 0.6 is 0 Å². The summed E-state index contributed by atoms with van der Waals surface area (Å²) in [5, 5.41) is 11.4. The van der Waals surface area contributed by atoms with Crippen molar-refractivity contribution >= 4 is 17.8 Å². The van der Waals surface area contributed by atoms with Gasteiger partial charge in [-0.1, -0.05) is 0 Å². The van der Waals surface area contributed by atoms with Crippen molar-refractivity contribution < 1.29 is 24.2 Å². The number of likely N-dealkylation sites (tertiary alicyclic amines) is 1. The van der Waals surface area contributed by atoms with Gasteiger partial charge in [-0.05, 0) is 25.7 Å². The number of hydrogen-bond acceptors (Lipinski definition) is 4. The lowest BCUT2D eigenvalue weighted by Gasteiger charge is -2.25. The quantitative estimate of drug-likeness (QED) is 0.711. The zero-order chi connectivity index (χ0) is 14.0. The van der Waals surface area contributed by atoms with Crippen molar-refractivity contribution in [3.8, 4) is 0 Å². The minimum atomic E-state index is -1.04. The molecule has 0 aliphatic carbocycles. The van der Waals surface area contributed by atoms with E-state index >= 15 is 0 Å². The number of nitrogens with one attached hydrogen (secondary N) is 1. The number of aliphatic carboxylic acids is 1. The molecule has 2 saturated heterocycles. The van der Waals surface area contributed by atoms with Crippen LogP contribution in [-0.4, -0.2) is 59.6 Å². The molecule has 0 aromatic heterocycles. The molecule has 2 N–H and O–H groups in total. The van der Waals surface area contributed by atoms with E-state index in [4.69, 9.17) is 9.84 Å². The largest absolute Gasteiger partial charge is 0.479 e. The Kier molecular flexibility index (Phi) is 4.04. The van der Waals surface area contributed by atoms with Crippen molar-refractivity contribution in [2.45, 2.75) is 43.9 Å². The third-order valence-electron chi connectivity index (χ3n) is 3.66. The third-order valence-corrected chi connectivity index (χ3v) is 3.66. The van der Waals surface area contributed by atoms with Crippen LogP contribution < -0.4 is 5.32 Å². The summed E-state index contributed by atoms with van der Waals surface area (Å²) in [6.07, 6.45) is 0.512. The summed E-state index contributed by atoms with van der Waals surface area (Å²) in [6.45, 7) is 0.522. The van der Waals surface area contributed by atoms with Crippen molar-refractivity contribution in [1.29, 1.82) is 0 Å². The Morgan fingerprint density at radius 3 is 2.47 bits per heavy atom. The van der Waals surface area contributed by atoms with Crippen LogP contribution in [0.15, 0.2) is 0 Å². The van der Waals surface area contributed by atoms with Gasteiger partial charge in [0.2, 0.25) is 5.91 Å². The lowest BCUT2D eigenvalue weighted by atomic mass is 10.1. The van der Waals surface area contributed by atoms with E-state index in [-0.39, 0.29) is 11.8 Å². The van der Waals surface area contributed by atoms with E-state index in [1.54, 1.807) is 0 Å². The van der Waals surface area contributed by atoms with Crippen molar-refractivity contribution in [1.82, 2.24) is 10.2 Å². The van der Waals surface area contributed by atoms with E-state index < -0.39 is 24.2 Å². The summed E-state index contributed by atoms with van der Waals surface area (Å²) in [7, 11) is 1.54. The number of ether oxygens (including phenoxy) is 1. The van der Waals surface area contributed by atoms with E-state index in [9.17, 15) is 14.4 Å². The van der Waals surface area contributed by atoms with E-state index in [1.165, 1.54) is 11.9 Å². The topological polar surface area (TPSA) is 95.9 Å². The second-order valence-electron chi connectivity index (χ2n) is 4.83. The fourth-order valence-electron chi connectivity index (χ4n) is 2.66. The number of carboxylic acids is 1. The molecule has 7 nitrogen and oxygen atoms in total. The van der Waals surface area contributed by atoms with Gasteiger partial charge in [0.1, 0.15) is 12.1 Å². The molecule has 0 bridgehead atoms. The van der Waals surface area contributed by atoms with E-state index in [0.717, 1.165) is 6.42 Å². The minimum absolute atomic E-state index is 0.182. The standard InChI is InChI=1S/C12H18N2O5/c1-13-10(15)7-3-2-6-14(7)11(16)8-4-5-9(19-8)12(17)18/h7-9H,2-6H2,1H3,(H,13,15)(H,17,18)/t7?,8-,9+/m0/s1. The lowest BCUT2D eigenvalue weighted by Crippen LogP contribution is -2.48. The summed E-state index contributed by atoms with van der Waals surface area (Å²) in [4.78, 5) is 36.3. The maximum atomic E-state index is 12.3. The molecule has 7 heteroatoms. The molecule has 0 radical (unpaired) electrons. The van der Waals surface area contributed by atoms with Gasteiger partial charge in [0.15, 0.2) is 6.10 Å². The Morgan fingerprint density at radius 2 is 1.89 bits per heavy atom. The van der Waals surface area contributed by atoms with Crippen LogP contribution in [0.4, 0.5) is 0 Å². The molecule has 0 aromatic carbocycles. The summed E-state index contributed by atoms with van der Waals surface area (Å²) >= 11 is 0. The monoisotopic (exact) mass is 270 g/mol. The Bertz CT molecular complexity index is 398. The second kappa shape index (κ2) is 5.56. The van der Waals surface area contributed by atoms with Crippen LogP contribution in [0.3, 0.4) is 0 Å². The molecule has 2 heterocycles. The first-order valence-corrected chi connectivity index (χ1v) is 6.45. The fourth-order valence-corrected chi connectivity index (χ4v) is 2.66. The molecule has 0 spiro atoms. The summed E-state index contributed by atoms with van der Waals surface area (Å²) in [6, 6.07) is -0.454. The Morgan fingerprint density at radius 1 is 1.21 bits per heavy atom. The van der Waals surface area contributed by atoms with E-state index in [0.29, 0.717) is 25.8 Å². The SMILES string of the molecule is CNC(=O)C1CCCN1C(=O)[C@@H]1CC[C@H](C(=O)O)O1. The highest BCUT2D eigenvalue weighted by Crippen LogP contribution is 2.25. The number of carbonyl (C=O) groups excluding carboxylic acids is 2. The van der Waals surface area contributed by atoms with Gasteiger partial charge in [0, 0.05) is 13.6 Å². The summed E-state index contributed by atoms with van der Waals surface area (Å²) < 4.78 is 5.24. The van der Waals surface area contributed by atoms with Gasteiger partial charge in [-0.25, -0.2) is 4.79 Å². The molecule has 2 rings (SSSR count). The molecule has 2 fully saturated rings. The second-order valence-corrected chi connectivity index (χ2v) is 4.83. The van der Waals surface area contributed by atoms with Gasteiger partial charge in [-0.15, -0.1) is 0 Å². The number of rotatable bonds is 3. The number of amides is 2. The Labute approximate surface area is 110 Å². The maximum Gasteiger partial charge on any atom is 0.332 e. The van der Waals surface area contributed by atoms with Crippen LogP contribution in [0.2, 0.25) is 0 Å². The molecule has 1 unspecified atom stereocenters. The minimum Gasteiger partial charge on any atom is -0.479 e. The molecule has 106 valence electrons. The molecule has 0 aromatic rings. The highest BCUT2D eigenvalue weighted by Gasteiger charge is 2.41. The molecular formula is C12H18N2O5. The Balaban J connectivity index is 2.00.